The Morgan fingerprint density at radius 1 is 0.880 bits per heavy atom. The van der Waals surface area contributed by atoms with Gasteiger partial charge in [-0.2, -0.15) is 0 Å². The van der Waals surface area contributed by atoms with Crippen molar-refractivity contribution in [3.63, 3.8) is 0 Å². The van der Waals surface area contributed by atoms with Crippen LogP contribution in [0, 0.1) is 5.82 Å². The number of halogens is 2. The Morgan fingerprint density at radius 2 is 1.56 bits per heavy atom. The number of hydrogen-bond acceptors (Lipinski definition) is 3. The van der Waals surface area contributed by atoms with Crippen LogP contribution in [0.3, 0.4) is 0 Å². The van der Waals surface area contributed by atoms with E-state index in [4.69, 9.17) is 0 Å². The van der Waals surface area contributed by atoms with Gasteiger partial charge >= 0.3 is 0 Å². The molecule has 0 aliphatic rings. The molecule has 7 heteroatoms. The summed E-state index contributed by atoms with van der Waals surface area (Å²) in [5.74, 6) is -1.15. The van der Waals surface area contributed by atoms with Crippen LogP contribution < -0.4 is 10.9 Å². The smallest absolute Gasteiger partial charge is 0.267 e. The Morgan fingerprint density at radius 3 is 2.28 bits per heavy atom. The van der Waals surface area contributed by atoms with Gasteiger partial charge in [0.15, 0.2) is 0 Å². The topological polar surface area (TPSA) is 58.2 Å². The number of benzene rings is 2. The van der Waals surface area contributed by atoms with Crippen LogP contribution in [0.5, 0.6) is 0 Å². The molecule has 0 unspecified atom stereocenters. The van der Waals surface area contributed by atoms with E-state index in [2.05, 4.69) is 26.8 Å². The molecule has 3 rings (SSSR count). The van der Waals surface area contributed by atoms with Gasteiger partial charge in [-0.15, -0.1) is 11.3 Å². The van der Waals surface area contributed by atoms with E-state index in [1.165, 1.54) is 23.5 Å². The van der Waals surface area contributed by atoms with E-state index < -0.39 is 11.8 Å². The predicted molar refractivity (Wildman–Crippen MR) is 98.8 cm³/mol. The lowest BCUT2D eigenvalue weighted by atomic mass is 10.2. The normalized spacial score (nSPS) is 10.3. The molecule has 0 radical (unpaired) electrons. The van der Waals surface area contributed by atoms with Crippen LogP contribution in [0.25, 0.3) is 10.4 Å². The van der Waals surface area contributed by atoms with Crippen molar-refractivity contribution in [2.24, 2.45) is 0 Å². The van der Waals surface area contributed by atoms with Crippen molar-refractivity contribution < 1.29 is 14.0 Å². The van der Waals surface area contributed by atoms with Crippen LogP contribution in [0.4, 0.5) is 4.39 Å². The largest absolute Gasteiger partial charge is 0.279 e. The summed E-state index contributed by atoms with van der Waals surface area (Å²) >= 11 is 4.54. The van der Waals surface area contributed by atoms with Crippen molar-refractivity contribution in [2.75, 3.05) is 0 Å². The minimum Gasteiger partial charge on any atom is -0.267 e. The van der Waals surface area contributed by atoms with Gasteiger partial charge in [-0.1, -0.05) is 24.3 Å². The van der Waals surface area contributed by atoms with Gasteiger partial charge in [0.1, 0.15) is 5.82 Å². The molecule has 2 amide bonds. The van der Waals surface area contributed by atoms with Gasteiger partial charge in [0.2, 0.25) is 0 Å². The monoisotopic (exact) mass is 418 g/mol. The third-order valence-electron chi connectivity index (χ3n) is 3.37. The Balaban J connectivity index is 1.65. The highest BCUT2D eigenvalue weighted by molar-refractivity contribution is 9.10. The third kappa shape index (κ3) is 4.12. The summed E-state index contributed by atoms with van der Waals surface area (Å²) in [6.45, 7) is 0. The second-order valence-electron chi connectivity index (χ2n) is 5.06. The van der Waals surface area contributed by atoms with E-state index >= 15 is 0 Å². The van der Waals surface area contributed by atoms with Gasteiger partial charge in [-0.05, 0) is 57.9 Å². The fourth-order valence-electron chi connectivity index (χ4n) is 2.12. The number of hydrazine groups is 1. The minimum atomic E-state index is -0.420. The third-order valence-corrected chi connectivity index (χ3v) is 5.19. The summed E-state index contributed by atoms with van der Waals surface area (Å²) < 4.78 is 13.6. The molecule has 0 atom stereocenters. The number of hydrogen-bond donors (Lipinski definition) is 2. The molecule has 0 aliphatic carbocycles. The fraction of sp³-hybridized carbons (Fsp3) is 0. The molecule has 0 saturated carbocycles. The van der Waals surface area contributed by atoms with Crippen molar-refractivity contribution in [2.45, 2.75) is 0 Å². The van der Waals surface area contributed by atoms with Gasteiger partial charge in [0, 0.05) is 9.35 Å². The van der Waals surface area contributed by atoms with Gasteiger partial charge < -0.3 is 0 Å². The molecule has 25 heavy (non-hydrogen) atoms. The average molecular weight is 419 g/mol. The molecule has 0 saturated heterocycles. The van der Waals surface area contributed by atoms with Gasteiger partial charge in [-0.25, -0.2) is 4.39 Å². The molecule has 1 heterocycles. The standard InChI is InChI=1S/C18H12BrFN2O2S/c19-14-4-2-1-3-13(14)17(23)21-22-18(24)16-10-9-15(25-16)11-5-7-12(20)8-6-11/h1-10H,(H,21,23)(H,22,24). The zero-order chi connectivity index (χ0) is 17.8. The highest BCUT2D eigenvalue weighted by atomic mass is 79.9. The van der Waals surface area contributed by atoms with Crippen LogP contribution in [0.2, 0.25) is 0 Å². The maximum Gasteiger partial charge on any atom is 0.279 e. The Labute approximate surface area is 155 Å². The molecule has 0 bridgehead atoms. The molecule has 0 spiro atoms. The van der Waals surface area contributed by atoms with E-state index in [1.54, 1.807) is 48.5 Å². The van der Waals surface area contributed by atoms with Gasteiger partial charge in [0.05, 0.1) is 10.4 Å². The van der Waals surface area contributed by atoms with Crippen molar-refractivity contribution in [3.05, 3.63) is 81.4 Å². The van der Waals surface area contributed by atoms with Crippen LogP contribution >= 0.6 is 27.3 Å². The Bertz CT molecular complexity index is 925. The zero-order valence-electron chi connectivity index (χ0n) is 12.8. The van der Waals surface area contributed by atoms with E-state index in [0.29, 0.717) is 14.9 Å². The molecule has 3 aromatic rings. The van der Waals surface area contributed by atoms with E-state index in [9.17, 15) is 14.0 Å². The van der Waals surface area contributed by atoms with Crippen molar-refractivity contribution in [1.82, 2.24) is 10.9 Å². The second-order valence-corrected chi connectivity index (χ2v) is 7.00. The summed E-state index contributed by atoms with van der Waals surface area (Å²) in [5, 5.41) is 0. The van der Waals surface area contributed by atoms with Crippen LogP contribution in [0.15, 0.2) is 65.1 Å². The number of amides is 2. The minimum absolute atomic E-state index is 0.312. The maximum absolute atomic E-state index is 13.0. The van der Waals surface area contributed by atoms with Crippen LogP contribution in [-0.2, 0) is 0 Å². The van der Waals surface area contributed by atoms with Crippen molar-refractivity contribution in [1.29, 1.82) is 0 Å². The average Bonchev–Trinajstić information content (AvgIpc) is 3.10. The predicted octanol–water partition coefficient (Wildman–Crippen LogP) is 4.39. The van der Waals surface area contributed by atoms with Crippen molar-refractivity contribution >= 4 is 39.1 Å². The summed E-state index contributed by atoms with van der Waals surface area (Å²) in [7, 11) is 0. The van der Waals surface area contributed by atoms with Crippen LogP contribution in [-0.4, -0.2) is 11.8 Å². The van der Waals surface area contributed by atoms with Crippen molar-refractivity contribution in [3.8, 4) is 10.4 Å². The van der Waals surface area contributed by atoms with Gasteiger partial charge in [-0.3, -0.25) is 20.4 Å². The molecular weight excluding hydrogens is 407 g/mol. The lowest BCUT2D eigenvalue weighted by Gasteiger charge is -2.07. The number of nitrogens with one attached hydrogen (secondary N) is 2. The SMILES string of the molecule is O=C(NNC(=O)c1ccccc1Br)c1ccc(-c2ccc(F)cc2)s1. The first-order chi connectivity index (χ1) is 12.0. The molecule has 4 nitrogen and oxygen atoms in total. The Kier molecular flexibility index (Phi) is 5.25. The fourth-order valence-corrected chi connectivity index (χ4v) is 3.49. The molecule has 2 aromatic carbocycles. The van der Waals surface area contributed by atoms with Crippen LogP contribution in [0.1, 0.15) is 20.0 Å². The first-order valence-electron chi connectivity index (χ1n) is 7.25. The summed E-state index contributed by atoms with van der Waals surface area (Å²) in [6, 6.07) is 16.4. The summed E-state index contributed by atoms with van der Waals surface area (Å²) in [6.07, 6.45) is 0. The molecule has 1 aromatic heterocycles. The highest BCUT2D eigenvalue weighted by Gasteiger charge is 2.13. The number of carbonyl (C=O) groups is 2. The quantitative estimate of drug-likeness (QED) is 0.619. The summed E-state index contributed by atoms with van der Waals surface area (Å²) in [5.41, 5.74) is 6.01. The lowest BCUT2D eigenvalue weighted by molar-refractivity contribution is 0.0848. The number of carbonyl (C=O) groups excluding carboxylic acids is 2. The van der Waals surface area contributed by atoms with E-state index in [-0.39, 0.29) is 5.82 Å². The molecular formula is C18H12BrFN2O2S. The lowest BCUT2D eigenvalue weighted by Crippen LogP contribution is -2.41. The second kappa shape index (κ2) is 7.58. The number of rotatable bonds is 3. The highest BCUT2D eigenvalue weighted by Crippen LogP contribution is 2.28. The summed E-state index contributed by atoms with van der Waals surface area (Å²) in [4.78, 5) is 25.5. The van der Waals surface area contributed by atoms with E-state index in [0.717, 1.165) is 10.4 Å². The van der Waals surface area contributed by atoms with Gasteiger partial charge in [0.25, 0.3) is 11.8 Å². The number of thiophene rings is 1. The molecule has 0 aliphatic heterocycles. The Hall–Kier alpha value is -2.51. The molecule has 126 valence electrons. The maximum atomic E-state index is 13.0. The molecule has 0 fully saturated rings. The first-order valence-corrected chi connectivity index (χ1v) is 8.86. The molecule has 2 N–H and O–H groups in total. The van der Waals surface area contributed by atoms with E-state index in [1.807, 2.05) is 0 Å². The first kappa shape index (κ1) is 17.3. The zero-order valence-corrected chi connectivity index (χ0v) is 15.2.